The second kappa shape index (κ2) is 7.14. The number of amides is 1. The third-order valence-corrected chi connectivity index (χ3v) is 4.80. The van der Waals surface area contributed by atoms with E-state index in [1.54, 1.807) is 6.92 Å². The first-order valence-corrected chi connectivity index (χ1v) is 8.39. The van der Waals surface area contributed by atoms with Crippen molar-refractivity contribution in [2.75, 3.05) is 11.9 Å². The molecule has 0 fully saturated rings. The van der Waals surface area contributed by atoms with Crippen molar-refractivity contribution in [1.82, 2.24) is 9.78 Å². The molecule has 2 rings (SSSR count). The van der Waals surface area contributed by atoms with Crippen molar-refractivity contribution < 1.29 is 14.3 Å². The Balaban J connectivity index is 2.36. The second-order valence-corrected chi connectivity index (χ2v) is 6.45. The van der Waals surface area contributed by atoms with Crippen LogP contribution in [0.2, 0.25) is 5.02 Å². The molecule has 0 saturated carbocycles. The van der Waals surface area contributed by atoms with Crippen molar-refractivity contribution in [1.29, 1.82) is 0 Å². The summed E-state index contributed by atoms with van der Waals surface area (Å²) in [6.07, 6.45) is 1.43. The SMILES string of the molecule is CCOC(=O)c1c(NC(=O)c2c(Cl)cnn2CC)sc(C)c1C. The van der Waals surface area contributed by atoms with Crippen LogP contribution in [-0.4, -0.2) is 28.3 Å². The smallest absolute Gasteiger partial charge is 0.341 e. The van der Waals surface area contributed by atoms with Crippen molar-refractivity contribution in [3.63, 3.8) is 0 Å². The molecule has 1 amide bonds. The minimum atomic E-state index is -0.445. The highest BCUT2D eigenvalue weighted by atomic mass is 35.5. The van der Waals surface area contributed by atoms with Gasteiger partial charge in [0.05, 0.1) is 23.4 Å². The summed E-state index contributed by atoms with van der Waals surface area (Å²) in [6.45, 7) is 8.12. The number of aromatic nitrogens is 2. The van der Waals surface area contributed by atoms with Gasteiger partial charge in [-0.05, 0) is 33.3 Å². The number of hydrogen-bond donors (Lipinski definition) is 1. The molecule has 0 aliphatic rings. The van der Waals surface area contributed by atoms with Gasteiger partial charge in [0, 0.05) is 11.4 Å². The largest absolute Gasteiger partial charge is 0.462 e. The van der Waals surface area contributed by atoms with Gasteiger partial charge in [-0.3, -0.25) is 9.48 Å². The zero-order chi connectivity index (χ0) is 17.1. The topological polar surface area (TPSA) is 73.2 Å². The van der Waals surface area contributed by atoms with Gasteiger partial charge in [-0.2, -0.15) is 5.10 Å². The lowest BCUT2D eigenvalue weighted by Gasteiger charge is -2.08. The minimum Gasteiger partial charge on any atom is -0.462 e. The van der Waals surface area contributed by atoms with Crippen molar-refractivity contribution in [2.45, 2.75) is 34.2 Å². The summed E-state index contributed by atoms with van der Waals surface area (Å²) in [5.74, 6) is -0.846. The average molecular weight is 356 g/mol. The Kier molecular flexibility index (Phi) is 5.43. The number of carbonyl (C=O) groups is 2. The molecule has 0 saturated heterocycles. The lowest BCUT2D eigenvalue weighted by atomic mass is 10.1. The van der Waals surface area contributed by atoms with E-state index in [4.69, 9.17) is 16.3 Å². The van der Waals surface area contributed by atoms with Crippen LogP contribution in [0.5, 0.6) is 0 Å². The van der Waals surface area contributed by atoms with Crippen LogP contribution in [0.25, 0.3) is 0 Å². The van der Waals surface area contributed by atoms with Gasteiger partial charge in [0.1, 0.15) is 10.7 Å². The number of rotatable bonds is 5. The number of nitrogens with one attached hydrogen (secondary N) is 1. The molecule has 2 heterocycles. The first-order valence-electron chi connectivity index (χ1n) is 7.20. The van der Waals surface area contributed by atoms with Crippen molar-refractivity contribution in [3.8, 4) is 0 Å². The Hall–Kier alpha value is -1.86. The zero-order valence-corrected chi connectivity index (χ0v) is 15.0. The van der Waals surface area contributed by atoms with Gasteiger partial charge >= 0.3 is 5.97 Å². The maximum absolute atomic E-state index is 12.5. The Morgan fingerprint density at radius 3 is 2.70 bits per heavy atom. The van der Waals surface area contributed by atoms with Crippen molar-refractivity contribution in [3.05, 3.63) is 32.9 Å². The molecule has 6 nitrogen and oxygen atoms in total. The number of halogens is 1. The van der Waals surface area contributed by atoms with Crippen LogP contribution in [0.4, 0.5) is 5.00 Å². The summed E-state index contributed by atoms with van der Waals surface area (Å²) in [5, 5.41) is 7.54. The second-order valence-electron chi connectivity index (χ2n) is 4.82. The third-order valence-electron chi connectivity index (χ3n) is 3.40. The number of ether oxygens (including phenoxy) is 1. The standard InChI is InChI=1S/C15H18ClN3O3S/c1-5-19-12(10(16)7-17-19)13(20)18-14-11(15(21)22-6-2)8(3)9(4)23-14/h7H,5-6H2,1-4H3,(H,18,20). The normalized spacial score (nSPS) is 10.7. The minimum absolute atomic E-state index is 0.270. The number of thiophene rings is 1. The van der Waals surface area contributed by atoms with E-state index in [9.17, 15) is 9.59 Å². The van der Waals surface area contributed by atoms with Gasteiger partial charge < -0.3 is 10.1 Å². The van der Waals surface area contributed by atoms with E-state index >= 15 is 0 Å². The van der Waals surface area contributed by atoms with Crippen molar-refractivity contribution >= 4 is 39.8 Å². The third kappa shape index (κ3) is 3.40. The highest BCUT2D eigenvalue weighted by Crippen LogP contribution is 2.33. The van der Waals surface area contributed by atoms with Crippen LogP contribution in [-0.2, 0) is 11.3 Å². The van der Waals surface area contributed by atoms with E-state index in [2.05, 4.69) is 10.4 Å². The highest BCUT2D eigenvalue weighted by Gasteiger charge is 2.24. The molecule has 0 aliphatic heterocycles. The molecule has 124 valence electrons. The molecule has 23 heavy (non-hydrogen) atoms. The van der Waals surface area contributed by atoms with E-state index in [1.807, 2.05) is 20.8 Å². The average Bonchev–Trinajstić information content (AvgIpc) is 3.00. The quantitative estimate of drug-likeness (QED) is 0.830. The Morgan fingerprint density at radius 1 is 1.39 bits per heavy atom. The highest BCUT2D eigenvalue weighted by molar-refractivity contribution is 7.16. The number of carbonyl (C=O) groups excluding carboxylic acids is 2. The first kappa shape index (κ1) is 17.5. The molecule has 1 N–H and O–H groups in total. The number of anilines is 1. The molecule has 0 aromatic carbocycles. The van der Waals surface area contributed by atoms with Crippen LogP contribution >= 0.6 is 22.9 Å². The fourth-order valence-corrected chi connectivity index (χ4v) is 3.42. The Bertz CT molecular complexity index is 751. The number of hydrogen-bond acceptors (Lipinski definition) is 5. The number of nitrogens with zero attached hydrogens (tertiary/aromatic N) is 2. The van der Waals surface area contributed by atoms with Crippen LogP contribution in [0.1, 0.15) is 45.1 Å². The monoisotopic (exact) mass is 355 g/mol. The number of esters is 1. The predicted molar refractivity (Wildman–Crippen MR) is 90.6 cm³/mol. The number of aryl methyl sites for hydroxylation is 2. The maximum atomic E-state index is 12.5. The van der Waals surface area contributed by atoms with Gasteiger partial charge in [-0.1, -0.05) is 11.6 Å². The zero-order valence-electron chi connectivity index (χ0n) is 13.4. The molecule has 2 aromatic rings. The van der Waals surface area contributed by atoms with E-state index < -0.39 is 11.9 Å². The summed E-state index contributed by atoms with van der Waals surface area (Å²) in [5.41, 5.74) is 1.47. The van der Waals surface area contributed by atoms with Crippen molar-refractivity contribution in [2.24, 2.45) is 0 Å². The maximum Gasteiger partial charge on any atom is 0.341 e. The molecular weight excluding hydrogens is 338 g/mol. The lowest BCUT2D eigenvalue weighted by molar-refractivity contribution is 0.0527. The van der Waals surface area contributed by atoms with Crippen LogP contribution in [0, 0.1) is 13.8 Å². The van der Waals surface area contributed by atoms with Crippen LogP contribution in [0.3, 0.4) is 0 Å². The molecule has 0 aliphatic carbocycles. The predicted octanol–water partition coefficient (Wildman–Crippen LogP) is 3.66. The van der Waals surface area contributed by atoms with Crippen LogP contribution in [0.15, 0.2) is 6.20 Å². The molecule has 8 heteroatoms. The fourth-order valence-electron chi connectivity index (χ4n) is 2.15. The van der Waals surface area contributed by atoms with E-state index in [0.717, 1.165) is 10.4 Å². The van der Waals surface area contributed by atoms with Gasteiger partial charge in [-0.25, -0.2) is 4.79 Å². The Morgan fingerprint density at radius 2 is 2.09 bits per heavy atom. The fraction of sp³-hybridized carbons (Fsp3) is 0.400. The van der Waals surface area contributed by atoms with Crippen LogP contribution < -0.4 is 5.32 Å². The Labute approximate surface area is 143 Å². The molecule has 0 atom stereocenters. The lowest BCUT2D eigenvalue weighted by Crippen LogP contribution is -2.19. The molecule has 0 bridgehead atoms. The molecule has 2 aromatic heterocycles. The summed E-state index contributed by atoms with van der Waals surface area (Å²) < 4.78 is 6.59. The first-order chi connectivity index (χ1) is 10.9. The molecular formula is C15H18ClN3O3S. The van der Waals surface area contributed by atoms with Gasteiger partial charge in [0.25, 0.3) is 5.91 Å². The van der Waals surface area contributed by atoms with Gasteiger partial charge in [0.15, 0.2) is 0 Å². The van der Waals surface area contributed by atoms with Gasteiger partial charge in [-0.15, -0.1) is 11.3 Å². The van der Waals surface area contributed by atoms with E-state index in [-0.39, 0.29) is 17.3 Å². The summed E-state index contributed by atoms with van der Waals surface area (Å²) in [6, 6.07) is 0. The molecule has 0 unspecified atom stereocenters. The van der Waals surface area contributed by atoms with E-state index in [0.29, 0.717) is 17.1 Å². The molecule has 0 spiro atoms. The summed E-state index contributed by atoms with van der Waals surface area (Å²) in [4.78, 5) is 25.6. The summed E-state index contributed by atoms with van der Waals surface area (Å²) in [7, 11) is 0. The van der Waals surface area contributed by atoms with Gasteiger partial charge in [0.2, 0.25) is 0 Å². The summed E-state index contributed by atoms with van der Waals surface area (Å²) >= 11 is 7.38. The molecule has 0 radical (unpaired) electrons. The van der Waals surface area contributed by atoms with E-state index in [1.165, 1.54) is 22.2 Å².